The second-order valence-electron chi connectivity index (χ2n) is 8.56. The molecule has 1 N–H and O–H groups in total. The van der Waals surface area contributed by atoms with Gasteiger partial charge < -0.3 is 10.2 Å². The predicted octanol–water partition coefficient (Wildman–Crippen LogP) is 3.82. The lowest BCUT2D eigenvalue weighted by molar-refractivity contribution is -0.122. The van der Waals surface area contributed by atoms with Gasteiger partial charge in [0.25, 0.3) is 10.0 Å². The third kappa shape index (κ3) is 4.17. The number of anilines is 3. The van der Waals surface area contributed by atoms with Gasteiger partial charge in [-0.05, 0) is 60.9 Å². The highest BCUT2D eigenvalue weighted by Crippen LogP contribution is 2.32. The Hall–Kier alpha value is -3.65. The average Bonchev–Trinajstić information content (AvgIpc) is 3.26. The zero-order valence-electron chi connectivity index (χ0n) is 18.6. The summed E-state index contributed by atoms with van der Waals surface area (Å²) in [4.78, 5) is 27.0. The largest absolute Gasteiger partial charge is 0.326 e. The predicted molar refractivity (Wildman–Crippen MR) is 131 cm³/mol. The number of sulfonamides is 1. The van der Waals surface area contributed by atoms with E-state index >= 15 is 0 Å². The van der Waals surface area contributed by atoms with Crippen LogP contribution in [0.4, 0.5) is 17.1 Å². The maximum absolute atomic E-state index is 13.3. The number of rotatable bonds is 5. The molecule has 8 heteroatoms. The van der Waals surface area contributed by atoms with Gasteiger partial charge in [0.15, 0.2) is 0 Å². The van der Waals surface area contributed by atoms with Crippen LogP contribution >= 0.6 is 0 Å². The quantitative estimate of drug-likeness (QED) is 0.608. The smallest absolute Gasteiger partial charge is 0.264 e. The summed E-state index contributed by atoms with van der Waals surface area (Å²) in [6.45, 7) is 0.751. The van der Waals surface area contributed by atoms with Crippen molar-refractivity contribution in [3.05, 3.63) is 84.4 Å². The molecular formula is C26H25N3O4S. The van der Waals surface area contributed by atoms with Crippen LogP contribution in [-0.2, 0) is 26.0 Å². The van der Waals surface area contributed by atoms with Crippen molar-refractivity contribution in [2.24, 2.45) is 5.92 Å². The molecule has 3 aromatic rings. The zero-order chi connectivity index (χ0) is 23.7. The van der Waals surface area contributed by atoms with Gasteiger partial charge in [-0.2, -0.15) is 0 Å². The van der Waals surface area contributed by atoms with Crippen molar-refractivity contribution < 1.29 is 18.0 Å². The van der Waals surface area contributed by atoms with E-state index in [0.717, 1.165) is 29.8 Å². The van der Waals surface area contributed by atoms with E-state index in [2.05, 4.69) is 5.32 Å². The Balaban J connectivity index is 1.28. The number of carbonyl (C=O) groups excluding carboxylic acids is 2. The molecule has 0 radical (unpaired) electrons. The van der Waals surface area contributed by atoms with Crippen LogP contribution in [-0.4, -0.2) is 33.3 Å². The molecule has 7 nitrogen and oxygen atoms in total. The fourth-order valence-electron chi connectivity index (χ4n) is 4.57. The summed E-state index contributed by atoms with van der Waals surface area (Å²) < 4.78 is 28.1. The topological polar surface area (TPSA) is 86.8 Å². The molecule has 1 unspecified atom stereocenters. The third-order valence-electron chi connectivity index (χ3n) is 6.34. The highest BCUT2D eigenvalue weighted by molar-refractivity contribution is 7.92. The van der Waals surface area contributed by atoms with E-state index < -0.39 is 15.9 Å². The van der Waals surface area contributed by atoms with Gasteiger partial charge in [-0.15, -0.1) is 0 Å². The monoisotopic (exact) mass is 475 g/mol. The fourth-order valence-corrected chi connectivity index (χ4v) is 6.11. The van der Waals surface area contributed by atoms with E-state index in [4.69, 9.17) is 0 Å². The lowest BCUT2D eigenvalue weighted by Gasteiger charge is -2.30. The molecule has 0 saturated carbocycles. The SMILES string of the molecule is O=C(Nc1ccc(S(=O)(=O)N2CCCc3ccccc32)cc1)C1CC(=O)N(c2ccccc2)C1. The van der Waals surface area contributed by atoms with E-state index in [1.807, 2.05) is 54.6 Å². The van der Waals surface area contributed by atoms with Crippen molar-refractivity contribution in [3.8, 4) is 0 Å². The van der Waals surface area contributed by atoms with E-state index in [-0.39, 0.29) is 23.1 Å². The zero-order valence-corrected chi connectivity index (χ0v) is 19.4. The summed E-state index contributed by atoms with van der Waals surface area (Å²) in [6, 6.07) is 23.0. The molecule has 2 aliphatic rings. The van der Waals surface area contributed by atoms with Gasteiger partial charge in [0.1, 0.15) is 0 Å². The molecule has 1 saturated heterocycles. The van der Waals surface area contributed by atoms with Crippen molar-refractivity contribution in [1.82, 2.24) is 0 Å². The highest BCUT2D eigenvalue weighted by atomic mass is 32.2. The maximum Gasteiger partial charge on any atom is 0.264 e. The van der Waals surface area contributed by atoms with Gasteiger partial charge in [-0.1, -0.05) is 36.4 Å². The number of amides is 2. The summed E-state index contributed by atoms with van der Waals surface area (Å²) in [7, 11) is -3.71. The number of carbonyl (C=O) groups is 2. The van der Waals surface area contributed by atoms with Crippen molar-refractivity contribution in [1.29, 1.82) is 0 Å². The Kier molecular flexibility index (Phi) is 5.83. The van der Waals surface area contributed by atoms with Gasteiger partial charge >= 0.3 is 0 Å². The standard InChI is InChI=1S/C26H25N3O4S/c30-25-17-20(18-28(25)22-9-2-1-3-10-22)26(31)27-21-12-14-23(15-13-21)34(32,33)29-16-6-8-19-7-4-5-11-24(19)29/h1-5,7,9-15,20H,6,8,16-18H2,(H,27,31). The van der Waals surface area contributed by atoms with Crippen LogP contribution in [0.25, 0.3) is 0 Å². The molecule has 0 bridgehead atoms. The van der Waals surface area contributed by atoms with E-state index in [1.54, 1.807) is 17.0 Å². The molecule has 2 heterocycles. The van der Waals surface area contributed by atoms with E-state index in [0.29, 0.717) is 18.8 Å². The summed E-state index contributed by atoms with van der Waals surface area (Å²) in [5.41, 5.74) is 3.02. The first kappa shape index (κ1) is 22.2. The van der Waals surface area contributed by atoms with Crippen molar-refractivity contribution >= 4 is 38.9 Å². The Morgan fingerprint density at radius 3 is 2.38 bits per heavy atom. The molecule has 2 aliphatic heterocycles. The number of hydrogen-bond acceptors (Lipinski definition) is 4. The molecule has 3 aromatic carbocycles. The second kappa shape index (κ2) is 8.95. The number of hydrogen-bond donors (Lipinski definition) is 1. The van der Waals surface area contributed by atoms with E-state index in [9.17, 15) is 18.0 Å². The van der Waals surface area contributed by atoms with Crippen molar-refractivity contribution in [2.75, 3.05) is 27.6 Å². The molecule has 0 spiro atoms. The van der Waals surface area contributed by atoms with Crippen LogP contribution in [0.1, 0.15) is 18.4 Å². The van der Waals surface area contributed by atoms with Crippen molar-refractivity contribution in [3.63, 3.8) is 0 Å². The number of para-hydroxylation sites is 2. The minimum Gasteiger partial charge on any atom is -0.326 e. The van der Waals surface area contributed by atoms with Gasteiger partial charge in [0.05, 0.1) is 16.5 Å². The minimum atomic E-state index is -3.71. The molecular weight excluding hydrogens is 450 g/mol. The normalized spacial score (nSPS) is 18.0. The first-order chi connectivity index (χ1) is 16.4. The van der Waals surface area contributed by atoms with Crippen LogP contribution in [0, 0.1) is 5.92 Å². The summed E-state index contributed by atoms with van der Waals surface area (Å²) in [5.74, 6) is -0.817. The Labute approximate surface area is 199 Å². The Morgan fingerprint density at radius 1 is 0.912 bits per heavy atom. The number of nitrogens with one attached hydrogen (secondary N) is 1. The number of fused-ring (bicyclic) bond motifs is 1. The van der Waals surface area contributed by atoms with Crippen LogP contribution in [0.15, 0.2) is 83.8 Å². The molecule has 34 heavy (non-hydrogen) atoms. The van der Waals surface area contributed by atoms with Crippen LogP contribution in [0.3, 0.4) is 0 Å². The lowest BCUT2D eigenvalue weighted by atomic mass is 10.0. The molecule has 0 aromatic heterocycles. The van der Waals surface area contributed by atoms with Crippen molar-refractivity contribution in [2.45, 2.75) is 24.2 Å². The first-order valence-electron chi connectivity index (χ1n) is 11.3. The lowest BCUT2D eigenvalue weighted by Crippen LogP contribution is -2.35. The molecule has 5 rings (SSSR count). The fraction of sp³-hybridized carbons (Fsp3) is 0.231. The molecule has 2 amide bonds. The Morgan fingerprint density at radius 2 is 1.62 bits per heavy atom. The van der Waals surface area contributed by atoms with Gasteiger partial charge in [-0.3, -0.25) is 13.9 Å². The molecule has 174 valence electrons. The van der Waals surface area contributed by atoms with Gasteiger partial charge in [0.2, 0.25) is 11.8 Å². The average molecular weight is 476 g/mol. The molecule has 1 atom stereocenters. The summed E-state index contributed by atoms with van der Waals surface area (Å²) >= 11 is 0. The summed E-state index contributed by atoms with van der Waals surface area (Å²) in [6.07, 6.45) is 1.77. The van der Waals surface area contributed by atoms with Crippen LogP contribution < -0.4 is 14.5 Å². The number of benzene rings is 3. The number of nitrogens with zero attached hydrogens (tertiary/aromatic N) is 2. The first-order valence-corrected chi connectivity index (χ1v) is 12.7. The minimum absolute atomic E-state index is 0.0883. The summed E-state index contributed by atoms with van der Waals surface area (Å²) in [5, 5.41) is 2.82. The van der Waals surface area contributed by atoms with Gasteiger partial charge in [-0.25, -0.2) is 8.42 Å². The Bertz CT molecular complexity index is 1320. The molecule has 0 aliphatic carbocycles. The third-order valence-corrected chi connectivity index (χ3v) is 8.17. The van der Waals surface area contributed by atoms with Gasteiger partial charge in [0, 0.05) is 30.9 Å². The second-order valence-corrected chi connectivity index (χ2v) is 10.4. The highest BCUT2D eigenvalue weighted by Gasteiger charge is 2.35. The van der Waals surface area contributed by atoms with E-state index in [1.165, 1.54) is 16.4 Å². The molecule has 1 fully saturated rings. The maximum atomic E-state index is 13.3. The number of aryl methyl sites for hydroxylation is 1. The van der Waals surface area contributed by atoms with Crippen LogP contribution in [0.2, 0.25) is 0 Å². The van der Waals surface area contributed by atoms with Crippen LogP contribution in [0.5, 0.6) is 0 Å².